The second-order valence-corrected chi connectivity index (χ2v) is 4.11. The van der Waals surface area contributed by atoms with Gasteiger partial charge in [-0.15, -0.1) is 0 Å². The highest BCUT2D eigenvalue weighted by Crippen LogP contribution is 1.89. The maximum Gasteiger partial charge on any atom is 0.327 e. The fourth-order valence-corrected chi connectivity index (χ4v) is 1.34. The van der Waals surface area contributed by atoms with E-state index in [9.17, 15) is 9.59 Å². The van der Waals surface area contributed by atoms with Gasteiger partial charge in [0.1, 0.15) is 6.04 Å². The minimum absolute atomic E-state index is 0.226. The molecule has 0 spiro atoms. The molecule has 18 heavy (non-hydrogen) atoms. The number of carbonyl (C=O) groups excluding carboxylic acids is 1. The zero-order valence-electron chi connectivity index (χ0n) is 11.2. The minimum Gasteiger partial charge on any atom is -0.480 e. The van der Waals surface area contributed by atoms with Gasteiger partial charge in [-0.05, 0) is 19.4 Å². The molecule has 0 heterocycles. The van der Waals surface area contributed by atoms with Crippen LogP contribution in [0.15, 0.2) is 0 Å². The third-order valence-corrected chi connectivity index (χ3v) is 2.31. The molecular weight excluding hydrogens is 236 g/mol. The largest absolute Gasteiger partial charge is 0.480 e. The average molecular weight is 260 g/mol. The number of amides is 1. The molecule has 6 nitrogen and oxygen atoms in total. The summed E-state index contributed by atoms with van der Waals surface area (Å²) < 4.78 is 5.37. The Hall–Kier alpha value is -1.14. The molecule has 1 amide bonds. The number of hydrogen-bond donors (Lipinski definition) is 3. The van der Waals surface area contributed by atoms with Crippen LogP contribution in [-0.4, -0.2) is 49.3 Å². The van der Waals surface area contributed by atoms with Crippen molar-refractivity contribution in [3.8, 4) is 0 Å². The van der Waals surface area contributed by atoms with Crippen molar-refractivity contribution < 1.29 is 19.4 Å². The summed E-state index contributed by atoms with van der Waals surface area (Å²) in [6, 6.07) is -0.872. The van der Waals surface area contributed by atoms with E-state index in [0.717, 1.165) is 25.9 Å². The fraction of sp³-hybridized carbons (Fsp3) is 0.833. The number of carboxylic acid groups (broad SMARTS) is 1. The van der Waals surface area contributed by atoms with Gasteiger partial charge in [-0.25, -0.2) is 4.79 Å². The Labute approximate surface area is 108 Å². The van der Waals surface area contributed by atoms with Crippen molar-refractivity contribution in [1.29, 1.82) is 0 Å². The topological polar surface area (TPSA) is 87.7 Å². The number of hydrogen-bond acceptors (Lipinski definition) is 4. The summed E-state index contributed by atoms with van der Waals surface area (Å²) in [5, 5.41) is 14.2. The van der Waals surface area contributed by atoms with Gasteiger partial charge in [0, 0.05) is 26.7 Å². The van der Waals surface area contributed by atoms with E-state index < -0.39 is 12.0 Å². The van der Waals surface area contributed by atoms with Crippen LogP contribution in [0.25, 0.3) is 0 Å². The van der Waals surface area contributed by atoms with E-state index in [1.54, 1.807) is 0 Å². The Morgan fingerprint density at radius 1 is 1.28 bits per heavy atom. The van der Waals surface area contributed by atoms with E-state index >= 15 is 0 Å². The summed E-state index contributed by atoms with van der Waals surface area (Å²) in [7, 11) is 0. The maximum absolute atomic E-state index is 10.8. The molecule has 3 N–H and O–H groups in total. The Kier molecular flexibility index (Phi) is 10.3. The van der Waals surface area contributed by atoms with Crippen molar-refractivity contribution in [1.82, 2.24) is 10.6 Å². The van der Waals surface area contributed by atoms with Crippen molar-refractivity contribution in [2.45, 2.75) is 39.2 Å². The van der Waals surface area contributed by atoms with E-state index in [1.165, 1.54) is 6.92 Å². The average Bonchev–Trinajstić information content (AvgIpc) is 2.30. The molecule has 0 aliphatic carbocycles. The zero-order valence-corrected chi connectivity index (χ0v) is 11.2. The molecule has 0 fully saturated rings. The van der Waals surface area contributed by atoms with Gasteiger partial charge in [0.05, 0.1) is 0 Å². The van der Waals surface area contributed by atoms with Crippen molar-refractivity contribution in [2.24, 2.45) is 0 Å². The van der Waals surface area contributed by atoms with Crippen LogP contribution >= 0.6 is 0 Å². The van der Waals surface area contributed by atoms with Gasteiger partial charge in [-0.1, -0.05) is 13.3 Å². The number of unbranched alkanes of at least 4 members (excludes halogenated alkanes) is 1. The van der Waals surface area contributed by atoms with Gasteiger partial charge in [-0.3, -0.25) is 4.79 Å². The maximum atomic E-state index is 10.8. The van der Waals surface area contributed by atoms with Crippen molar-refractivity contribution in [2.75, 3.05) is 26.3 Å². The molecule has 1 atom stereocenters. The monoisotopic (exact) mass is 260 g/mol. The quantitative estimate of drug-likeness (QED) is 0.467. The summed E-state index contributed by atoms with van der Waals surface area (Å²) in [6.45, 7) is 5.76. The number of carbonyl (C=O) groups is 2. The van der Waals surface area contributed by atoms with Gasteiger partial charge in [-0.2, -0.15) is 0 Å². The van der Waals surface area contributed by atoms with Gasteiger partial charge < -0.3 is 20.5 Å². The van der Waals surface area contributed by atoms with Crippen LogP contribution in [0.1, 0.15) is 33.1 Å². The summed E-state index contributed by atoms with van der Waals surface area (Å²) in [6.07, 6.45) is 3.02. The smallest absolute Gasteiger partial charge is 0.327 e. The highest BCUT2D eigenvalue weighted by molar-refractivity contribution is 5.82. The van der Waals surface area contributed by atoms with Crippen LogP contribution in [-0.2, 0) is 14.3 Å². The highest BCUT2D eigenvalue weighted by Gasteiger charge is 2.17. The normalized spacial score (nSPS) is 12.1. The van der Waals surface area contributed by atoms with Crippen molar-refractivity contribution in [3.63, 3.8) is 0 Å². The van der Waals surface area contributed by atoms with E-state index in [2.05, 4.69) is 17.6 Å². The summed E-state index contributed by atoms with van der Waals surface area (Å²) >= 11 is 0. The number of aliphatic carboxylic acids is 1. The molecular formula is C12H24N2O4. The SMILES string of the molecule is CCCCOCCCNCC(NC(C)=O)C(=O)O. The molecule has 0 aliphatic rings. The molecule has 106 valence electrons. The lowest BCUT2D eigenvalue weighted by molar-refractivity contribution is -0.141. The molecule has 0 rings (SSSR count). The third-order valence-electron chi connectivity index (χ3n) is 2.31. The molecule has 0 aliphatic heterocycles. The Morgan fingerprint density at radius 3 is 2.50 bits per heavy atom. The van der Waals surface area contributed by atoms with Crippen LogP contribution in [0.2, 0.25) is 0 Å². The molecule has 0 bridgehead atoms. The summed E-state index contributed by atoms with van der Waals surface area (Å²) in [4.78, 5) is 21.6. The number of carboxylic acids is 1. The first-order valence-corrected chi connectivity index (χ1v) is 6.36. The third kappa shape index (κ3) is 10.0. The molecule has 0 aromatic carbocycles. The van der Waals surface area contributed by atoms with Crippen LogP contribution in [0.4, 0.5) is 0 Å². The predicted molar refractivity (Wildman–Crippen MR) is 68.5 cm³/mol. The molecule has 0 aromatic rings. The second kappa shape index (κ2) is 11.0. The van der Waals surface area contributed by atoms with E-state index in [-0.39, 0.29) is 12.5 Å². The standard InChI is InChI=1S/C12H24N2O4/c1-3-4-7-18-8-5-6-13-9-11(12(16)17)14-10(2)15/h11,13H,3-9H2,1-2H3,(H,14,15)(H,16,17). The molecule has 1 unspecified atom stereocenters. The van der Waals surface area contributed by atoms with E-state index in [1.807, 2.05) is 0 Å². The van der Waals surface area contributed by atoms with Crippen LogP contribution in [0, 0.1) is 0 Å². The lowest BCUT2D eigenvalue weighted by atomic mass is 10.3. The van der Waals surface area contributed by atoms with Gasteiger partial charge in [0.2, 0.25) is 5.91 Å². The van der Waals surface area contributed by atoms with Crippen LogP contribution in [0.3, 0.4) is 0 Å². The zero-order chi connectivity index (χ0) is 13.8. The second-order valence-electron chi connectivity index (χ2n) is 4.11. The summed E-state index contributed by atoms with van der Waals surface area (Å²) in [5.74, 6) is -1.37. The Bertz CT molecular complexity index is 246. The minimum atomic E-state index is -1.03. The number of rotatable bonds is 11. The molecule has 0 saturated carbocycles. The number of ether oxygens (including phenoxy) is 1. The molecule has 6 heteroatoms. The lowest BCUT2D eigenvalue weighted by Crippen LogP contribution is -2.46. The molecule has 0 aromatic heterocycles. The predicted octanol–water partition coefficient (Wildman–Crippen LogP) is 0.372. The van der Waals surface area contributed by atoms with Gasteiger partial charge >= 0.3 is 5.97 Å². The first kappa shape index (κ1) is 16.9. The van der Waals surface area contributed by atoms with Gasteiger partial charge in [0.15, 0.2) is 0 Å². The van der Waals surface area contributed by atoms with Crippen LogP contribution < -0.4 is 10.6 Å². The highest BCUT2D eigenvalue weighted by atomic mass is 16.5. The van der Waals surface area contributed by atoms with Crippen molar-refractivity contribution in [3.05, 3.63) is 0 Å². The Morgan fingerprint density at radius 2 is 1.94 bits per heavy atom. The lowest BCUT2D eigenvalue weighted by Gasteiger charge is -2.14. The first-order chi connectivity index (χ1) is 8.57. The molecule has 0 saturated heterocycles. The van der Waals surface area contributed by atoms with E-state index in [0.29, 0.717) is 13.2 Å². The summed E-state index contributed by atoms with van der Waals surface area (Å²) in [5.41, 5.74) is 0. The first-order valence-electron chi connectivity index (χ1n) is 6.36. The van der Waals surface area contributed by atoms with Crippen LogP contribution in [0.5, 0.6) is 0 Å². The van der Waals surface area contributed by atoms with Gasteiger partial charge in [0.25, 0.3) is 0 Å². The fourth-order valence-electron chi connectivity index (χ4n) is 1.34. The number of nitrogens with one attached hydrogen (secondary N) is 2. The van der Waals surface area contributed by atoms with E-state index in [4.69, 9.17) is 9.84 Å². The molecule has 0 radical (unpaired) electrons. The Balaban J connectivity index is 3.49. The van der Waals surface area contributed by atoms with Crippen molar-refractivity contribution >= 4 is 11.9 Å².